The van der Waals surface area contributed by atoms with Crippen molar-refractivity contribution in [2.75, 3.05) is 12.8 Å². The second kappa shape index (κ2) is 5.89. The van der Waals surface area contributed by atoms with Crippen LogP contribution in [-0.2, 0) is 5.41 Å². The van der Waals surface area contributed by atoms with Crippen molar-refractivity contribution in [3.8, 4) is 17.4 Å². The van der Waals surface area contributed by atoms with Crippen LogP contribution in [0.2, 0.25) is 0 Å². The van der Waals surface area contributed by atoms with Gasteiger partial charge in [-0.15, -0.1) is 0 Å². The largest absolute Gasteiger partial charge is 0.497 e. The molecule has 0 aliphatic rings. The minimum Gasteiger partial charge on any atom is -0.497 e. The predicted molar refractivity (Wildman–Crippen MR) is 85.9 cm³/mol. The molecule has 0 aliphatic heterocycles. The summed E-state index contributed by atoms with van der Waals surface area (Å²) in [5.74, 6) is 2.82. The van der Waals surface area contributed by atoms with Gasteiger partial charge in [-0.1, -0.05) is 20.8 Å². The van der Waals surface area contributed by atoms with Crippen LogP contribution in [0.4, 0.5) is 5.82 Å². The fourth-order valence-electron chi connectivity index (χ4n) is 1.63. The van der Waals surface area contributed by atoms with Crippen LogP contribution in [0, 0.1) is 0 Å². The molecule has 0 radical (unpaired) electrons. The summed E-state index contributed by atoms with van der Waals surface area (Å²) >= 11 is 3.44. The van der Waals surface area contributed by atoms with Crippen LogP contribution in [0.1, 0.15) is 26.6 Å². The molecule has 0 amide bonds. The molecule has 6 heteroatoms. The third-order valence-corrected chi connectivity index (χ3v) is 3.37. The highest BCUT2D eigenvalue weighted by atomic mass is 79.9. The summed E-state index contributed by atoms with van der Waals surface area (Å²) in [5.41, 5.74) is 5.63. The zero-order valence-electron chi connectivity index (χ0n) is 12.5. The normalized spacial score (nSPS) is 11.3. The van der Waals surface area contributed by atoms with Gasteiger partial charge in [0.05, 0.1) is 11.6 Å². The monoisotopic (exact) mass is 351 g/mol. The van der Waals surface area contributed by atoms with Gasteiger partial charge < -0.3 is 15.2 Å². The average Bonchev–Trinajstić information content (AvgIpc) is 2.39. The summed E-state index contributed by atoms with van der Waals surface area (Å²) in [6.45, 7) is 6.07. The fourth-order valence-corrected chi connectivity index (χ4v) is 2.07. The number of aromatic nitrogens is 2. The first-order chi connectivity index (χ1) is 9.79. The maximum atomic E-state index is 5.83. The van der Waals surface area contributed by atoms with E-state index in [2.05, 4.69) is 25.9 Å². The zero-order valence-corrected chi connectivity index (χ0v) is 14.1. The summed E-state index contributed by atoms with van der Waals surface area (Å²) < 4.78 is 11.7. The molecule has 0 aliphatic carbocycles. The highest BCUT2D eigenvalue weighted by molar-refractivity contribution is 9.10. The van der Waals surface area contributed by atoms with Gasteiger partial charge in [0, 0.05) is 11.5 Å². The van der Waals surface area contributed by atoms with Crippen molar-refractivity contribution in [1.82, 2.24) is 9.97 Å². The molecule has 0 saturated carbocycles. The lowest BCUT2D eigenvalue weighted by molar-refractivity contribution is 0.410. The second-order valence-corrected chi connectivity index (χ2v) is 6.46. The number of benzene rings is 1. The van der Waals surface area contributed by atoms with Crippen molar-refractivity contribution in [2.24, 2.45) is 0 Å². The van der Waals surface area contributed by atoms with E-state index in [1.165, 1.54) is 0 Å². The van der Waals surface area contributed by atoms with Gasteiger partial charge in [0.2, 0.25) is 5.88 Å². The summed E-state index contributed by atoms with van der Waals surface area (Å²) in [6, 6.07) is 7.05. The molecule has 0 unspecified atom stereocenters. The SMILES string of the molecule is COc1ccc(Oc2cc(N)nc(C(C)(C)C)n2)c(Br)c1. The number of nitrogens with two attached hydrogens (primary N) is 1. The number of hydrogen-bond acceptors (Lipinski definition) is 5. The molecule has 2 rings (SSSR count). The molecule has 0 bridgehead atoms. The minimum absolute atomic E-state index is 0.204. The van der Waals surface area contributed by atoms with Crippen molar-refractivity contribution in [1.29, 1.82) is 0 Å². The Hall–Kier alpha value is -1.82. The van der Waals surface area contributed by atoms with E-state index in [-0.39, 0.29) is 5.41 Å². The molecule has 21 heavy (non-hydrogen) atoms. The summed E-state index contributed by atoms with van der Waals surface area (Å²) in [5, 5.41) is 0. The van der Waals surface area contributed by atoms with Gasteiger partial charge >= 0.3 is 0 Å². The van der Waals surface area contributed by atoms with E-state index < -0.39 is 0 Å². The highest BCUT2D eigenvalue weighted by Gasteiger charge is 2.19. The smallest absolute Gasteiger partial charge is 0.224 e. The molecular weight excluding hydrogens is 334 g/mol. The molecule has 112 valence electrons. The van der Waals surface area contributed by atoms with E-state index in [0.29, 0.717) is 23.3 Å². The Bertz CT molecular complexity index is 654. The lowest BCUT2D eigenvalue weighted by Gasteiger charge is -2.18. The number of hydrogen-bond donors (Lipinski definition) is 1. The van der Waals surface area contributed by atoms with Crippen molar-refractivity contribution in [2.45, 2.75) is 26.2 Å². The lowest BCUT2D eigenvalue weighted by Crippen LogP contribution is -2.17. The van der Waals surface area contributed by atoms with Gasteiger partial charge in [-0.3, -0.25) is 0 Å². The predicted octanol–water partition coefficient (Wildman–Crippen LogP) is 3.92. The van der Waals surface area contributed by atoms with Crippen molar-refractivity contribution in [3.63, 3.8) is 0 Å². The van der Waals surface area contributed by atoms with E-state index in [1.807, 2.05) is 32.9 Å². The maximum Gasteiger partial charge on any atom is 0.224 e. The number of halogens is 1. The number of nitrogens with zero attached hydrogens (tertiary/aromatic N) is 2. The van der Waals surface area contributed by atoms with Crippen LogP contribution in [0.5, 0.6) is 17.4 Å². The standard InChI is InChI=1S/C15H18BrN3O2/c1-15(2,3)14-18-12(17)8-13(19-14)21-11-6-5-9(20-4)7-10(11)16/h5-8H,1-4H3,(H2,17,18,19). The second-order valence-electron chi connectivity index (χ2n) is 5.60. The van der Waals surface area contributed by atoms with Crippen molar-refractivity contribution < 1.29 is 9.47 Å². The van der Waals surface area contributed by atoms with Gasteiger partial charge in [-0.05, 0) is 34.1 Å². The molecule has 1 aromatic heterocycles. The summed E-state index contributed by atoms with van der Waals surface area (Å²) in [6.07, 6.45) is 0. The molecule has 0 saturated heterocycles. The molecule has 0 atom stereocenters. The van der Waals surface area contributed by atoms with E-state index in [1.54, 1.807) is 19.2 Å². The molecule has 2 aromatic rings. The minimum atomic E-state index is -0.204. The van der Waals surface area contributed by atoms with Gasteiger partial charge in [0.25, 0.3) is 0 Å². The first-order valence-electron chi connectivity index (χ1n) is 6.46. The number of nitrogen functional groups attached to an aromatic ring is 1. The Labute approximate surface area is 132 Å². The molecule has 0 fully saturated rings. The Kier molecular flexibility index (Phi) is 4.37. The Morgan fingerprint density at radius 3 is 2.43 bits per heavy atom. The van der Waals surface area contributed by atoms with E-state index in [4.69, 9.17) is 15.2 Å². The van der Waals surface area contributed by atoms with Gasteiger partial charge in [0.1, 0.15) is 23.1 Å². The first-order valence-corrected chi connectivity index (χ1v) is 7.25. The Morgan fingerprint density at radius 2 is 1.86 bits per heavy atom. The van der Waals surface area contributed by atoms with Crippen LogP contribution in [0.3, 0.4) is 0 Å². The number of methoxy groups -OCH3 is 1. The molecule has 1 heterocycles. The van der Waals surface area contributed by atoms with Gasteiger partial charge in [-0.2, -0.15) is 4.98 Å². The Balaban J connectivity index is 2.33. The van der Waals surface area contributed by atoms with Crippen LogP contribution >= 0.6 is 15.9 Å². The van der Waals surface area contributed by atoms with Gasteiger partial charge in [-0.25, -0.2) is 4.98 Å². The fraction of sp³-hybridized carbons (Fsp3) is 0.333. The third-order valence-electron chi connectivity index (χ3n) is 2.75. The molecule has 2 N–H and O–H groups in total. The van der Waals surface area contributed by atoms with Crippen LogP contribution in [0.25, 0.3) is 0 Å². The quantitative estimate of drug-likeness (QED) is 0.907. The zero-order chi connectivity index (χ0) is 15.6. The number of ether oxygens (including phenoxy) is 2. The van der Waals surface area contributed by atoms with Crippen LogP contribution < -0.4 is 15.2 Å². The average molecular weight is 352 g/mol. The Morgan fingerprint density at radius 1 is 1.14 bits per heavy atom. The maximum absolute atomic E-state index is 5.83. The first kappa shape index (κ1) is 15.6. The molecular formula is C15H18BrN3O2. The van der Waals surface area contributed by atoms with Crippen molar-refractivity contribution in [3.05, 3.63) is 34.6 Å². The summed E-state index contributed by atoms with van der Waals surface area (Å²) in [7, 11) is 1.61. The van der Waals surface area contributed by atoms with E-state index in [9.17, 15) is 0 Å². The topological polar surface area (TPSA) is 70.3 Å². The third kappa shape index (κ3) is 3.85. The van der Waals surface area contributed by atoms with Gasteiger partial charge in [0.15, 0.2) is 0 Å². The van der Waals surface area contributed by atoms with E-state index >= 15 is 0 Å². The number of rotatable bonds is 3. The molecule has 5 nitrogen and oxygen atoms in total. The number of anilines is 1. The molecule has 1 aromatic carbocycles. The molecule has 0 spiro atoms. The highest BCUT2D eigenvalue weighted by Crippen LogP contribution is 2.33. The van der Waals surface area contributed by atoms with Crippen molar-refractivity contribution >= 4 is 21.7 Å². The summed E-state index contributed by atoms with van der Waals surface area (Å²) in [4.78, 5) is 8.67. The van der Waals surface area contributed by atoms with E-state index in [0.717, 1.165) is 10.2 Å². The van der Waals surface area contributed by atoms with Crippen LogP contribution in [-0.4, -0.2) is 17.1 Å². The van der Waals surface area contributed by atoms with Crippen LogP contribution in [0.15, 0.2) is 28.7 Å². The lowest BCUT2D eigenvalue weighted by atomic mass is 9.96.